The van der Waals surface area contributed by atoms with Crippen LogP contribution in [-0.4, -0.2) is 47.3 Å². The largest absolute Gasteiger partial charge is 0.444 e. The molecule has 5 nitrogen and oxygen atoms in total. The van der Waals surface area contributed by atoms with Crippen molar-refractivity contribution in [1.29, 1.82) is 0 Å². The number of hydrogen-bond acceptors (Lipinski definition) is 4. The number of fused-ring (bicyclic) bond motifs is 1. The molecule has 1 aliphatic carbocycles. The summed E-state index contributed by atoms with van der Waals surface area (Å²) in [6.07, 6.45) is 6.71. The van der Waals surface area contributed by atoms with Gasteiger partial charge in [-0.05, 0) is 70.6 Å². The van der Waals surface area contributed by atoms with Crippen molar-refractivity contribution in [3.05, 3.63) is 23.4 Å². The van der Waals surface area contributed by atoms with Gasteiger partial charge in [0.2, 0.25) is 0 Å². The van der Waals surface area contributed by atoms with Crippen molar-refractivity contribution in [3.63, 3.8) is 0 Å². The van der Waals surface area contributed by atoms with Crippen molar-refractivity contribution in [2.24, 2.45) is 0 Å². The molecule has 1 aliphatic heterocycles. The Labute approximate surface area is 145 Å². The molecule has 2 heterocycles. The van der Waals surface area contributed by atoms with Gasteiger partial charge in [0.15, 0.2) is 0 Å². The molecular formula is C19H29N3O2. The first-order valence-electron chi connectivity index (χ1n) is 9.06. The van der Waals surface area contributed by atoms with Crippen LogP contribution in [-0.2, 0) is 17.6 Å². The Kier molecular flexibility index (Phi) is 4.70. The van der Waals surface area contributed by atoms with Crippen LogP contribution in [0.25, 0.3) is 0 Å². The number of nitrogens with zero attached hydrogens (tertiary/aromatic N) is 3. The number of hydrogen-bond donors (Lipinski definition) is 0. The molecule has 1 aromatic heterocycles. The number of carbonyl (C=O) groups is 1. The molecule has 0 aromatic carbocycles. The minimum Gasteiger partial charge on any atom is -0.444 e. The topological polar surface area (TPSA) is 45.7 Å². The summed E-state index contributed by atoms with van der Waals surface area (Å²) >= 11 is 0. The van der Waals surface area contributed by atoms with Crippen LogP contribution in [0.3, 0.4) is 0 Å². The molecule has 0 unspecified atom stereocenters. The summed E-state index contributed by atoms with van der Waals surface area (Å²) in [5.74, 6) is 1.05. The van der Waals surface area contributed by atoms with Crippen LogP contribution in [0.4, 0.5) is 10.6 Å². The van der Waals surface area contributed by atoms with Gasteiger partial charge in [-0.1, -0.05) is 0 Å². The van der Waals surface area contributed by atoms with Gasteiger partial charge in [-0.25, -0.2) is 9.78 Å². The van der Waals surface area contributed by atoms with Gasteiger partial charge in [-0.15, -0.1) is 0 Å². The monoisotopic (exact) mass is 331 g/mol. The normalized spacial score (nSPS) is 21.4. The van der Waals surface area contributed by atoms with E-state index in [1.807, 2.05) is 25.7 Å². The third-order valence-corrected chi connectivity index (χ3v) is 4.79. The van der Waals surface area contributed by atoms with Gasteiger partial charge < -0.3 is 14.5 Å². The quantitative estimate of drug-likeness (QED) is 0.791. The lowest BCUT2D eigenvalue weighted by molar-refractivity contribution is 0.0158. The first kappa shape index (κ1) is 17.1. The zero-order chi connectivity index (χ0) is 17.3. The van der Waals surface area contributed by atoms with Crippen LogP contribution < -0.4 is 4.90 Å². The Hall–Kier alpha value is -1.78. The predicted octanol–water partition coefficient (Wildman–Crippen LogP) is 3.41. The third-order valence-electron chi connectivity index (χ3n) is 4.79. The highest BCUT2D eigenvalue weighted by atomic mass is 16.6. The van der Waals surface area contributed by atoms with E-state index in [0.717, 1.165) is 31.7 Å². The molecule has 3 rings (SSSR count). The number of amides is 1. The maximum Gasteiger partial charge on any atom is 0.410 e. The van der Waals surface area contributed by atoms with Crippen molar-refractivity contribution in [1.82, 2.24) is 9.88 Å². The number of carbonyl (C=O) groups excluding carboxylic acids is 1. The smallest absolute Gasteiger partial charge is 0.410 e. The second-order valence-electron chi connectivity index (χ2n) is 7.99. The van der Waals surface area contributed by atoms with Crippen molar-refractivity contribution in [3.8, 4) is 0 Å². The molecule has 1 saturated heterocycles. The number of ether oxygens (including phenoxy) is 1. The Morgan fingerprint density at radius 3 is 2.58 bits per heavy atom. The highest BCUT2D eigenvalue weighted by Gasteiger charge is 2.31. The summed E-state index contributed by atoms with van der Waals surface area (Å²) in [5.41, 5.74) is 2.41. The second kappa shape index (κ2) is 6.61. The van der Waals surface area contributed by atoms with Gasteiger partial charge in [-0.3, -0.25) is 0 Å². The number of aryl methyl sites for hydroxylation is 2. The Bertz CT molecular complexity index is 609. The highest BCUT2D eigenvalue weighted by molar-refractivity contribution is 5.69. The molecule has 0 saturated carbocycles. The SMILES string of the molecule is C[C@H]1CN(c2cc3c(cn2)CCCC3)CCN1C(=O)OC(C)(C)C. The summed E-state index contributed by atoms with van der Waals surface area (Å²) in [4.78, 5) is 21.1. The minimum atomic E-state index is -0.450. The lowest BCUT2D eigenvalue weighted by atomic mass is 9.93. The maximum absolute atomic E-state index is 12.3. The molecule has 5 heteroatoms. The standard InChI is InChI=1S/C19H29N3O2/c1-14-13-21(9-10-22(14)18(23)24-19(2,3)4)17-11-15-7-5-6-8-16(15)12-20-17/h11-12,14H,5-10,13H2,1-4H3/t14-/m0/s1. The Morgan fingerprint density at radius 2 is 1.92 bits per heavy atom. The van der Waals surface area contributed by atoms with Gasteiger partial charge >= 0.3 is 6.09 Å². The Morgan fingerprint density at radius 1 is 1.21 bits per heavy atom. The highest BCUT2D eigenvalue weighted by Crippen LogP contribution is 2.26. The number of pyridine rings is 1. The van der Waals surface area contributed by atoms with Crippen LogP contribution in [0, 0.1) is 0 Å². The van der Waals surface area contributed by atoms with Crippen LogP contribution in [0.2, 0.25) is 0 Å². The van der Waals surface area contributed by atoms with Crippen LogP contribution >= 0.6 is 0 Å². The van der Waals surface area contributed by atoms with E-state index in [-0.39, 0.29) is 12.1 Å². The average Bonchev–Trinajstić information content (AvgIpc) is 2.52. The molecule has 0 bridgehead atoms. The van der Waals surface area contributed by atoms with E-state index in [9.17, 15) is 4.79 Å². The fourth-order valence-corrected chi connectivity index (χ4v) is 3.53. The summed E-state index contributed by atoms with van der Waals surface area (Å²) in [6, 6.07) is 2.37. The predicted molar refractivity (Wildman–Crippen MR) is 95.5 cm³/mol. The van der Waals surface area contributed by atoms with E-state index in [2.05, 4.69) is 29.1 Å². The number of rotatable bonds is 1. The summed E-state index contributed by atoms with van der Waals surface area (Å²) in [6.45, 7) is 10.1. The zero-order valence-corrected chi connectivity index (χ0v) is 15.3. The van der Waals surface area contributed by atoms with E-state index < -0.39 is 5.60 Å². The van der Waals surface area contributed by atoms with Crippen molar-refractivity contribution >= 4 is 11.9 Å². The van der Waals surface area contributed by atoms with E-state index in [1.165, 1.54) is 24.0 Å². The first-order valence-corrected chi connectivity index (χ1v) is 9.06. The number of anilines is 1. The molecule has 1 aromatic rings. The fourth-order valence-electron chi connectivity index (χ4n) is 3.53. The van der Waals surface area contributed by atoms with Gasteiger partial charge in [0, 0.05) is 31.9 Å². The third kappa shape index (κ3) is 3.82. The van der Waals surface area contributed by atoms with Gasteiger partial charge in [-0.2, -0.15) is 0 Å². The summed E-state index contributed by atoms with van der Waals surface area (Å²) < 4.78 is 5.52. The molecule has 2 aliphatic rings. The van der Waals surface area contributed by atoms with E-state index in [0.29, 0.717) is 6.54 Å². The lowest BCUT2D eigenvalue weighted by Crippen LogP contribution is -2.55. The van der Waals surface area contributed by atoms with Crippen LogP contribution in [0.1, 0.15) is 51.7 Å². The fraction of sp³-hybridized carbons (Fsp3) is 0.684. The van der Waals surface area contributed by atoms with E-state index in [1.54, 1.807) is 0 Å². The molecule has 0 spiro atoms. The van der Waals surface area contributed by atoms with Crippen molar-refractivity contribution < 1.29 is 9.53 Å². The number of aromatic nitrogens is 1. The molecule has 132 valence electrons. The second-order valence-corrected chi connectivity index (χ2v) is 7.99. The van der Waals surface area contributed by atoms with Crippen LogP contribution in [0.15, 0.2) is 12.3 Å². The molecule has 1 fully saturated rings. The maximum atomic E-state index is 12.3. The van der Waals surface area contributed by atoms with Gasteiger partial charge in [0.1, 0.15) is 11.4 Å². The van der Waals surface area contributed by atoms with E-state index >= 15 is 0 Å². The molecule has 0 N–H and O–H groups in total. The van der Waals surface area contributed by atoms with Crippen molar-refractivity contribution in [2.45, 2.75) is 65.0 Å². The van der Waals surface area contributed by atoms with Gasteiger partial charge in [0.25, 0.3) is 0 Å². The Balaban J connectivity index is 1.66. The van der Waals surface area contributed by atoms with Gasteiger partial charge in [0.05, 0.1) is 0 Å². The zero-order valence-electron chi connectivity index (χ0n) is 15.3. The molecule has 1 atom stereocenters. The van der Waals surface area contributed by atoms with Crippen LogP contribution in [0.5, 0.6) is 0 Å². The molecule has 1 amide bonds. The molecular weight excluding hydrogens is 302 g/mol. The molecule has 24 heavy (non-hydrogen) atoms. The first-order chi connectivity index (χ1) is 11.3. The number of piperazine rings is 1. The summed E-state index contributed by atoms with van der Waals surface area (Å²) in [7, 11) is 0. The minimum absolute atomic E-state index is 0.117. The molecule has 0 radical (unpaired) electrons. The summed E-state index contributed by atoms with van der Waals surface area (Å²) in [5, 5.41) is 0. The van der Waals surface area contributed by atoms with Crippen molar-refractivity contribution in [2.75, 3.05) is 24.5 Å². The average molecular weight is 331 g/mol. The lowest BCUT2D eigenvalue weighted by Gasteiger charge is -2.40. The van der Waals surface area contributed by atoms with E-state index in [4.69, 9.17) is 4.74 Å².